The Labute approximate surface area is 169 Å². The van der Waals surface area contributed by atoms with E-state index in [1.165, 1.54) is 18.2 Å². The van der Waals surface area contributed by atoms with Crippen molar-refractivity contribution in [2.45, 2.75) is 13.8 Å². The number of nitrogens with one attached hydrogen (secondary N) is 1. The molecule has 0 spiro atoms. The molecule has 0 atom stereocenters. The molecule has 1 aliphatic heterocycles. The quantitative estimate of drug-likeness (QED) is 0.605. The number of nitro groups is 1. The predicted octanol–water partition coefficient (Wildman–Crippen LogP) is 3.95. The van der Waals surface area contributed by atoms with E-state index in [2.05, 4.69) is 22.0 Å². The first-order chi connectivity index (χ1) is 13.4. The van der Waals surface area contributed by atoms with Gasteiger partial charge in [-0.15, -0.1) is 0 Å². The molecule has 1 aliphatic rings. The fourth-order valence-corrected chi connectivity index (χ4v) is 3.57. The summed E-state index contributed by atoms with van der Waals surface area (Å²) in [5.41, 5.74) is 2.47. The molecule has 0 aromatic heterocycles. The third-order valence-corrected chi connectivity index (χ3v) is 5.27. The highest BCUT2D eigenvalue weighted by molar-refractivity contribution is 6.31. The first-order valence-corrected chi connectivity index (χ1v) is 9.60. The van der Waals surface area contributed by atoms with Crippen molar-refractivity contribution in [2.75, 3.05) is 42.9 Å². The average molecular weight is 403 g/mol. The maximum Gasteiger partial charge on any atom is 0.269 e. The van der Waals surface area contributed by atoms with Gasteiger partial charge in [0.2, 0.25) is 0 Å². The fourth-order valence-electron chi connectivity index (χ4n) is 3.39. The zero-order valence-corrected chi connectivity index (χ0v) is 16.7. The normalized spacial score (nSPS) is 14.8. The molecule has 3 rings (SSSR count). The van der Waals surface area contributed by atoms with Crippen LogP contribution in [0.4, 0.5) is 17.1 Å². The van der Waals surface area contributed by atoms with Crippen molar-refractivity contribution in [3.8, 4) is 0 Å². The number of anilines is 2. The summed E-state index contributed by atoms with van der Waals surface area (Å²) < 4.78 is 0. The van der Waals surface area contributed by atoms with E-state index in [4.69, 9.17) is 11.6 Å². The minimum absolute atomic E-state index is 0.0358. The predicted molar refractivity (Wildman–Crippen MR) is 112 cm³/mol. The zero-order valence-electron chi connectivity index (χ0n) is 15.9. The summed E-state index contributed by atoms with van der Waals surface area (Å²) in [6, 6.07) is 9.69. The Morgan fingerprint density at radius 2 is 1.89 bits per heavy atom. The second-order valence-electron chi connectivity index (χ2n) is 6.79. The Balaban J connectivity index is 1.83. The van der Waals surface area contributed by atoms with Gasteiger partial charge in [0.05, 0.1) is 16.3 Å². The molecule has 28 heavy (non-hydrogen) atoms. The molecule has 8 heteroatoms. The Bertz CT molecular complexity index is 895. The van der Waals surface area contributed by atoms with E-state index in [0.717, 1.165) is 38.4 Å². The van der Waals surface area contributed by atoms with Crippen molar-refractivity contribution < 1.29 is 9.72 Å². The smallest absolute Gasteiger partial charge is 0.269 e. The molecule has 1 fully saturated rings. The summed E-state index contributed by atoms with van der Waals surface area (Å²) >= 11 is 6.16. The van der Waals surface area contributed by atoms with Crippen LogP contribution in [0.3, 0.4) is 0 Å². The summed E-state index contributed by atoms with van der Waals surface area (Å²) in [5, 5.41) is 14.4. The standard InChI is InChI=1S/C20H23ClN4O3/c1-3-23-8-10-24(11-9-23)19-7-4-15(21)13-18(19)22-20(26)17-6-5-16(25(27)28)12-14(17)2/h4-7,12-13H,3,8-11H2,1-2H3,(H,22,26). The molecule has 0 bridgehead atoms. The minimum Gasteiger partial charge on any atom is -0.367 e. The van der Waals surface area contributed by atoms with Crippen LogP contribution in [0.1, 0.15) is 22.8 Å². The molecule has 1 amide bonds. The number of hydrogen-bond donors (Lipinski definition) is 1. The maximum absolute atomic E-state index is 12.8. The summed E-state index contributed by atoms with van der Waals surface area (Å²) in [6.45, 7) is 8.53. The molecule has 0 aliphatic carbocycles. The van der Waals surface area contributed by atoms with Crippen molar-refractivity contribution in [3.63, 3.8) is 0 Å². The monoisotopic (exact) mass is 402 g/mol. The Kier molecular flexibility index (Phi) is 6.16. The number of hydrogen-bond acceptors (Lipinski definition) is 5. The van der Waals surface area contributed by atoms with Crippen LogP contribution in [0.5, 0.6) is 0 Å². The second kappa shape index (κ2) is 8.58. The minimum atomic E-state index is -0.473. The van der Waals surface area contributed by atoms with E-state index in [9.17, 15) is 14.9 Å². The molecule has 7 nitrogen and oxygen atoms in total. The second-order valence-corrected chi connectivity index (χ2v) is 7.23. The molecule has 1 N–H and O–H groups in total. The number of nitrogens with zero attached hydrogens (tertiary/aromatic N) is 3. The van der Waals surface area contributed by atoms with Crippen LogP contribution in [-0.4, -0.2) is 48.5 Å². The molecular weight excluding hydrogens is 380 g/mol. The molecule has 1 heterocycles. The van der Waals surface area contributed by atoms with E-state index in [1.807, 2.05) is 12.1 Å². The van der Waals surface area contributed by atoms with Crippen LogP contribution in [0, 0.1) is 17.0 Å². The number of halogens is 1. The number of carbonyl (C=O) groups is 1. The van der Waals surface area contributed by atoms with Crippen molar-refractivity contribution in [3.05, 3.63) is 62.7 Å². The molecular formula is C20H23ClN4O3. The Morgan fingerprint density at radius 1 is 1.18 bits per heavy atom. The number of likely N-dealkylation sites (N-methyl/N-ethyl adjacent to an activating group) is 1. The van der Waals surface area contributed by atoms with Gasteiger partial charge in [0.25, 0.3) is 11.6 Å². The Morgan fingerprint density at radius 3 is 2.50 bits per heavy atom. The SMILES string of the molecule is CCN1CCN(c2ccc(Cl)cc2NC(=O)c2ccc([N+](=O)[O-])cc2C)CC1. The first kappa shape index (κ1) is 20.1. The largest absolute Gasteiger partial charge is 0.367 e. The molecule has 2 aromatic carbocycles. The number of benzene rings is 2. The van der Waals surface area contributed by atoms with E-state index in [0.29, 0.717) is 21.8 Å². The molecule has 0 saturated carbocycles. The molecule has 148 valence electrons. The van der Waals surface area contributed by atoms with E-state index in [-0.39, 0.29) is 11.6 Å². The van der Waals surface area contributed by atoms with Crippen LogP contribution < -0.4 is 10.2 Å². The first-order valence-electron chi connectivity index (χ1n) is 9.22. The summed E-state index contributed by atoms with van der Waals surface area (Å²) in [4.78, 5) is 27.9. The van der Waals surface area contributed by atoms with Crippen LogP contribution in [0.2, 0.25) is 5.02 Å². The highest BCUT2D eigenvalue weighted by atomic mass is 35.5. The van der Waals surface area contributed by atoms with Gasteiger partial charge in [0.15, 0.2) is 0 Å². The highest BCUT2D eigenvalue weighted by Gasteiger charge is 2.20. The van der Waals surface area contributed by atoms with Gasteiger partial charge >= 0.3 is 0 Å². The van der Waals surface area contributed by atoms with Gasteiger partial charge in [-0.25, -0.2) is 0 Å². The van der Waals surface area contributed by atoms with E-state index in [1.54, 1.807) is 13.0 Å². The van der Waals surface area contributed by atoms with E-state index >= 15 is 0 Å². The Hall–Kier alpha value is -2.64. The van der Waals surface area contributed by atoms with Crippen LogP contribution in [0.15, 0.2) is 36.4 Å². The lowest BCUT2D eigenvalue weighted by Crippen LogP contribution is -2.46. The summed E-state index contributed by atoms with van der Waals surface area (Å²) in [7, 11) is 0. The van der Waals surface area contributed by atoms with Gasteiger partial charge in [-0.1, -0.05) is 18.5 Å². The van der Waals surface area contributed by atoms with Crippen molar-refractivity contribution >= 4 is 34.6 Å². The molecule has 0 radical (unpaired) electrons. The van der Waals surface area contributed by atoms with Gasteiger partial charge in [-0.2, -0.15) is 0 Å². The van der Waals surface area contributed by atoms with Crippen molar-refractivity contribution in [2.24, 2.45) is 0 Å². The zero-order chi connectivity index (χ0) is 20.3. The number of amides is 1. The molecule has 2 aromatic rings. The van der Waals surface area contributed by atoms with Gasteiger partial charge in [-0.05, 0) is 43.3 Å². The van der Waals surface area contributed by atoms with Crippen molar-refractivity contribution in [1.82, 2.24) is 4.90 Å². The summed E-state index contributed by atoms with van der Waals surface area (Å²) in [6.07, 6.45) is 0. The van der Waals surface area contributed by atoms with Gasteiger partial charge < -0.3 is 15.1 Å². The number of aryl methyl sites for hydroxylation is 1. The van der Waals surface area contributed by atoms with E-state index < -0.39 is 4.92 Å². The van der Waals surface area contributed by atoms with Gasteiger partial charge in [0.1, 0.15) is 0 Å². The number of non-ortho nitro benzene ring substituents is 1. The van der Waals surface area contributed by atoms with Gasteiger partial charge in [0, 0.05) is 48.9 Å². The van der Waals surface area contributed by atoms with Crippen LogP contribution in [-0.2, 0) is 0 Å². The lowest BCUT2D eigenvalue weighted by atomic mass is 10.1. The average Bonchev–Trinajstić information content (AvgIpc) is 2.68. The van der Waals surface area contributed by atoms with Crippen molar-refractivity contribution in [1.29, 1.82) is 0 Å². The summed E-state index contributed by atoms with van der Waals surface area (Å²) in [5.74, 6) is -0.317. The fraction of sp³-hybridized carbons (Fsp3) is 0.350. The lowest BCUT2D eigenvalue weighted by Gasteiger charge is -2.36. The number of carbonyl (C=O) groups excluding carboxylic acids is 1. The molecule has 0 unspecified atom stereocenters. The molecule has 1 saturated heterocycles. The lowest BCUT2D eigenvalue weighted by molar-refractivity contribution is -0.384. The number of piperazine rings is 1. The number of nitro benzene ring substituents is 1. The topological polar surface area (TPSA) is 78.7 Å². The third kappa shape index (κ3) is 4.43. The van der Waals surface area contributed by atoms with Crippen LogP contribution in [0.25, 0.3) is 0 Å². The number of rotatable bonds is 5. The van der Waals surface area contributed by atoms with Gasteiger partial charge in [-0.3, -0.25) is 14.9 Å². The third-order valence-electron chi connectivity index (χ3n) is 5.03. The highest BCUT2D eigenvalue weighted by Crippen LogP contribution is 2.31. The van der Waals surface area contributed by atoms with Crippen LogP contribution >= 0.6 is 11.6 Å². The maximum atomic E-state index is 12.8.